The smallest absolute Gasteiger partial charge is 0.0775 e. The molecule has 2 nitrogen and oxygen atoms in total. The summed E-state index contributed by atoms with van der Waals surface area (Å²) in [6, 6.07) is 0. The third-order valence-electron chi connectivity index (χ3n) is 1.54. The van der Waals surface area contributed by atoms with Crippen molar-refractivity contribution in [1.82, 2.24) is 0 Å². The van der Waals surface area contributed by atoms with Gasteiger partial charge in [-0.05, 0) is 6.42 Å². The number of hydrogen-bond acceptors (Lipinski definition) is 2. The zero-order chi connectivity index (χ0) is 6.69. The van der Waals surface area contributed by atoms with Crippen LogP contribution in [0.1, 0.15) is 13.3 Å². The predicted octanol–water partition coefficient (Wildman–Crippen LogP) is 1.17. The van der Waals surface area contributed by atoms with Gasteiger partial charge in [0.25, 0.3) is 0 Å². The van der Waals surface area contributed by atoms with Gasteiger partial charge in [-0.15, -0.1) is 0 Å². The second-order valence-corrected chi connectivity index (χ2v) is 2.23. The van der Waals surface area contributed by atoms with Gasteiger partial charge in [0.2, 0.25) is 0 Å². The van der Waals surface area contributed by atoms with E-state index in [-0.39, 0.29) is 0 Å². The summed E-state index contributed by atoms with van der Waals surface area (Å²) in [6.45, 7) is 3.14. The molecule has 0 N–H and O–H groups in total. The van der Waals surface area contributed by atoms with Crippen molar-refractivity contribution in [2.45, 2.75) is 13.3 Å². The van der Waals surface area contributed by atoms with E-state index < -0.39 is 0 Å². The monoisotopic (exact) mass is 124 g/mol. The Morgan fingerprint density at radius 2 is 2.56 bits per heavy atom. The molecule has 1 heterocycles. The molecule has 0 aromatic carbocycles. The molecule has 0 aromatic rings. The molecule has 0 bridgehead atoms. The summed E-state index contributed by atoms with van der Waals surface area (Å²) >= 11 is 0. The first-order valence-corrected chi connectivity index (χ1v) is 3.34. The van der Waals surface area contributed by atoms with E-state index in [1.54, 1.807) is 0 Å². The molecule has 1 unspecified atom stereocenters. The molecule has 50 valence electrons. The van der Waals surface area contributed by atoms with Crippen molar-refractivity contribution in [2.24, 2.45) is 15.9 Å². The first-order valence-electron chi connectivity index (χ1n) is 3.34. The van der Waals surface area contributed by atoms with Crippen LogP contribution in [0.5, 0.6) is 0 Å². The number of nitrogens with zero attached hydrogens (tertiary/aromatic N) is 2. The molecule has 1 aliphatic rings. The van der Waals surface area contributed by atoms with Crippen LogP contribution < -0.4 is 0 Å². The van der Waals surface area contributed by atoms with Crippen molar-refractivity contribution in [3.8, 4) is 0 Å². The van der Waals surface area contributed by atoms with Crippen LogP contribution in [0, 0.1) is 5.92 Å². The lowest BCUT2D eigenvalue weighted by Gasteiger charge is -1.98. The second kappa shape index (κ2) is 2.76. The molecule has 1 aliphatic heterocycles. The Morgan fingerprint density at radius 3 is 2.89 bits per heavy atom. The van der Waals surface area contributed by atoms with Crippen molar-refractivity contribution in [3.05, 3.63) is 0 Å². The van der Waals surface area contributed by atoms with Gasteiger partial charge in [0.15, 0.2) is 0 Å². The highest BCUT2D eigenvalue weighted by molar-refractivity contribution is 6.07. The van der Waals surface area contributed by atoms with E-state index in [2.05, 4.69) is 16.9 Å². The minimum absolute atomic E-state index is 0.537. The van der Waals surface area contributed by atoms with E-state index in [0.717, 1.165) is 13.0 Å². The van der Waals surface area contributed by atoms with Crippen LogP contribution in [0.15, 0.2) is 9.98 Å². The minimum atomic E-state index is 0.537. The van der Waals surface area contributed by atoms with Gasteiger partial charge >= 0.3 is 0 Å². The van der Waals surface area contributed by atoms with E-state index in [9.17, 15) is 0 Å². The molecule has 0 saturated heterocycles. The highest BCUT2D eigenvalue weighted by Gasteiger charge is 2.18. The van der Waals surface area contributed by atoms with Crippen molar-refractivity contribution in [2.75, 3.05) is 13.6 Å². The normalized spacial score (nSPS) is 20.0. The van der Waals surface area contributed by atoms with Crippen LogP contribution >= 0.6 is 0 Å². The van der Waals surface area contributed by atoms with Gasteiger partial charge in [-0.25, -0.2) is 0 Å². The Bertz CT molecular complexity index is 147. The summed E-state index contributed by atoms with van der Waals surface area (Å²) in [7, 11) is 1.81. The Hall–Kier alpha value is -0.660. The molecule has 0 saturated carbocycles. The van der Waals surface area contributed by atoms with Crippen LogP contribution in [0.25, 0.3) is 0 Å². The average Bonchev–Trinajstić information content (AvgIpc) is 2.64. The molecule has 1 rings (SSSR count). The lowest BCUT2D eigenvalue weighted by Crippen LogP contribution is -2.06. The Balaban J connectivity index is 2.38. The van der Waals surface area contributed by atoms with Crippen molar-refractivity contribution < 1.29 is 0 Å². The molecule has 0 radical (unpaired) electrons. The highest BCUT2D eigenvalue weighted by Crippen LogP contribution is 2.11. The van der Waals surface area contributed by atoms with Gasteiger partial charge in [-0.2, -0.15) is 0 Å². The summed E-state index contributed by atoms with van der Waals surface area (Å²) in [6.07, 6.45) is 3.11. The SMILES string of the molecule is CCC(C=NC)C1=NC1. The van der Waals surface area contributed by atoms with Gasteiger partial charge in [-0.1, -0.05) is 6.92 Å². The van der Waals surface area contributed by atoms with Crippen molar-refractivity contribution in [1.29, 1.82) is 0 Å². The Morgan fingerprint density at radius 1 is 1.89 bits per heavy atom. The fourth-order valence-corrected chi connectivity index (χ4v) is 0.887. The fraction of sp³-hybridized carbons (Fsp3) is 0.714. The second-order valence-electron chi connectivity index (χ2n) is 2.23. The zero-order valence-electron chi connectivity index (χ0n) is 5.96. The van der Waals surface area contributed by atoms with Crippen LogP contribution in [0.3, 0.4) is 0 Å². The van der Waals surface area contributed by atoms with Crippen LogP contribution in [-0.2, 0) is 0 Å². The molecule has 0 spiro atoms. The van der Waals surface area contributed by atoms with Gasteiger partial charge in [0.05, 0.1) is 6.54 Å². The van der Waals surface area contributed by atoms with Crippen LogP contribution in [0.4, 0.5) is 0 Å². The lowest BCUT2D eigenvalue weighted by molar-refractivity contribution is 0.882. The standard InChI is InChI=1S/C7H12N2/c1-3-6(4-8-2)7-5-9-7/h4,6H,3,5H2,1-2H3. The first kappa shape index (κ1) is 6.46. The maximum absolute atomic E-state index is 4.12. The third-order valence-corrected chi connectivity index (χ3v) is 1.54. The molecule has 0 aliphatic carbocycles. The fourth-order valence-electron chi connectivity index (χ4n) is 0.887. The minimum Gasteiger partial charge on any atom is -0.300 e. The third kappa shape index (κ3) is 1.63. The molecule has 1 atom stereocenters. The van der Waals surface area contributed by atoms with Gasteiger partial charge in [0.1, 0.15) is 0 Å². The van der Waals surface area contributed by atoms with Crippen LogP contribution in [-0.4, -0.2) is 25.5 Å². The molecule has 2 heteroatoms. The quantitative estimate of drug-likeness (QED) is 0.504. The topological polar surface area (TPSA) is 24.7 Å². The number of rotatable bonds is 3. The summed E-state index contributed by atoms with van der Waals surface area (Å²) in [5.74, 6) is 0.537. The summed E-state index contributed by atoms with van der Waals surface area (Å²) in [5.41, 5.74) is 1.32. The molecule has 0 fully saturated rings. The maximum Gasteiger partial charge on any atom is 0.0775 e. The largest absolute Gasteiger partial charge is 0.300 e. The molecule has 9 heavy (non-hydrogen) atoms. The number of hydrogen-bond donors (Lipinski definition) is 0. The molecule has 0 aromatic heterocycles. The zero-order valence-corrected chi connectivity index (χ0v) is 5.96. The summed E-state index contributed by atoms with van der Waals surface area (Å²) < 4.78 is 0. The summed E-state index contributed by atoms with van der Waals surface area (Å²) in [5, 5.41) is 0. The van der Waals surface area contributed by atoms with E-state index in [4.69, 9.17) is 0 Å². The predicted molar refractivity (Wildman–Crippen MR) is 40.5 cm³/mol. The highest BCUT2D eigenvalue weighted by atomic mass is 14.9. The number of aliphatic imine (C=N–C) groups is 2. The van der Waals surface area contributed by atoms with Gasteiger partial charge < -0.3 is 4.99 Å². The van der Waals surface area contributed by atoms with Gasteiger partial charge in [-0.3, -0.25) is 4.99 Å². The first-order chi connectivity index (χ1) is 4.38. The Labute approximate surface area is 55.7 Å². The van der Waals surface area contributed by atoms with E-state index in [1.165, 1.54) is 5.71 Å². The molecular formula is C7H12N2. The van der Waals surface area contributed by atoms with E-state index >= 15 is 0 Å². The van der Waals surface area contributed by atoms with Crippen molar-refractivity contribution >= 4 is 11.9 Å². The molecular weight excluding hydrogens is 112 g/mol. The van der Waals surface area contributed by atoms with Gasteiger partial charge in [0, 0.05) is 24.9 Å². The summed E-state index contributed by atoms with van der Waals surface area (Å²) in [4.78, 5) is 8.08. The van der Waals surface area contributed by atoms with E-state index in [1.807, 2.05) is 13.3 Å². The van der Waals surface area contributed by atoms with E-state index in [0.29, 0.717) is 5.92 Å². The molecule has 0 amide bonds. The lowest BCUT2D eigenvalue weighted by atomic mass is 10.1. The maximum atomic E-state index is 4.12. The van der Waals surface area contributed by atoms with Crippen molar-refractivity contribution in [3.63, 3.8) is 0 Å². The Kier molecular flexibility index (Phi) is 1.98. The average molecular weight is 124 g/mol. The van der Waals surface area contributed by atoms with Crippen LogP contribution in [0.2, 0.25) is 0 Å².